The summed E-state index contributed by atoms with van der Waals surface area (Å²) >= 11 is 5.67. The summed E-state index contributed by atoms with van der Waals surface area (Å²) in [5.41, 5.74) is 22.1. The van der Waals surface area contributed by atoms with Crippen molar-refractivity contribution >= 4 is 12.6 Å². The van der Waals surface area contributed by atoms with Gasteiger partial charge >= 0.3 is 0 Å². The zero-order valence-corrected chi connectivity index (χ0v) is 54.6. The molecule has 0 nitrogen and oxygen atoms in total. The third-order valence-corrected chi connectivity index (χ3v) is 26.5. The van der Waals surface area contributed by atoms with Gasteiger partial charge in [-0.2, -0.15) is 0 Å². The molecule has 0 aromatic rings. The fraction of sp³-hybridized carbons (Fsp3) is 0.512. The van der Waals surface area contributed by atoms with Crippen LogP contribution in [0.5, 0.6) is 0 Å². The fourth-order valence-corrected chi connectivity index (χ4v) is 23.7. The Hall–Kier alpha value is -5.11. The minimum Gasteiger partial charge on any atom is -0.148 e. The second kappa shape index (κ2) is 24.9. The van der Waals surface area contributed by atoms with Crippen LogP contribution < -0.4 is 0 Å². The monoisotopic (exact) mass is 1170 g/mol. The van der Waals surface area contributed by atoms with Crippen LogP contribution in [0.3, 0.4) is 0 Å². The van der Waals surface area contributed by atoms with E-state index in [1.165, 1.54) is 118 Å². The Morgan fingerprint density at radius 3 is 2.28 bits per heavy atom. The smallest absolute Gasteiger partial charge is 0.0371 e. The summed E-state index contributed by atoms with van der Waals surface area (Å²) in [6.45, 7) is 16.3. The van der Waals surface area contributed by atoms with Gasteiger partial charge in [0.2, 0.25) is 0 Å². The predicted molar refractivity (Wildman–Crippen MR) is 375 cm³/mol. The molecule has 1 heteroatoms. The highest BCUT2D eigenvalue weighted by Crippen LogP contribution is 2.81. The molecule has 14 atom stereocenters. The van der Waals surface area contributed by atoms with Gasteiger partial charge in [0.05, 0.1) is 0 Å². The molecule has 0 heterocycles. The third kappa shape index (κ3) is 9.44. The molecular weight excluding hydrogens is 1070 g/mol. The Morgan fingerprint density at radius 2 is 1.47 bits per heavy atom. The summed E-state index contributed by atoms with van der Waals surface area (Å²) in [4.78, 5) is 1.41. The Morgan fingerprint density at radius 1 is 0.701 bits per heavy atom. The minimum absolute atomic E-state index is 0.0725. The number of hydrogen-bond donors (Lipinski definition) is 1. The second-order valence-corrected chi connectivity index (χ2v) is 30.1. The molecule has 0 saturated heterocycles. The summed E-state index contributed by atoms with van der Waals surface area (Å²) in [7, 11) is 0. The molecule has 3 spiro atoms. The van der Waals surface area contributed by atoms with E-state index in [0.717, 1.165) is 83.0 Å². The van der Waals surface area contributed by atoms with Gasteiger partial charge in [-0.25, -0.2) is 0 Å². The van der Waals surface area contributed by atoms with Crippen LogP contribution >= 0.6 is 12.6 Å². The third-order valence-electron chi connectivity index (χ3n) is 25.9. The number of allylic oxidation sites excluding steroid dienone is 40. The predicted octanol–water partition coefficient (Wildman–Crippen LogP) is 23.9. The molecule has 14 aliphatic carbocycles. The van der Waals surface area contributed by atoms with E-state index in [1.807, 2.05) is 16.7 Å². The standard InChI is InChI=1S/C86H104S/c1-6-10-36-63(8-3)84(64-37-16-14-17-38-64)65-55-60(54-59(5)33-31-35-62-57-83(58-65,71(9-4)77(84)32-7-2)72-44-24-19-39-66(62)72)34-15-12-11-13-18-51-82(87)61-52-53-80-81(56-61)86(75-47-27-22-42-69(75)70-43-23-28-48-76(70)86)79-50-30-29-49-78(79)85(80)73-45-25-20-40-67(73)68-41-21-26-46-74(68)85/h6,8-9,14-16,19-23,25,27,29-31,33-35,39,41,43,45,51,54-55,59,61,64,67,69,75,78-81,87H,1,4,7,10-13,17-18,24,26,28,32,36-38,40,42,44,46-50,52-53,56-58H2,2-3,5H3/b33-31-,34-15+,60-54-,62-35+,63-8+,65-55?,82-51-/t59-,61?,64?,67?,69?,75?,78?,79?,80?,81?,83?,84?,85?,86?/m1/s1. The van der Waals surface area contributed by atoms with Gasteiger partial charge in [0.1, 0.15) is 0 Å². The van der Waals surface area contributed by atoms with Gasteiger partial charge in [0.15, 0.2) is 0 Å². The van der Waals surface area contributed by atoms with E-state index < -0.39 is 0 Å². The normalized spacial score (nSPS) is 39.7. The minimum atomic E-state index is -0.162. The summed E-state index contributed by atoms with van der Waals surface area (Å²) in [6.07, 6.45) is 97.9. The highest BCUT2D eigenvalue weighted by atomic mass is 32.1. The average molecular weight is 1170 g/mol. The molecule has 3 bridgehead atoms. The number of hydrogen-bond acceptors (Lipinski definition) is 1. The Labute approximate surface area is 532 Å². The second-order valence-electron chi connectivity index (χ2n) is 29.6. The van der Waals surface area contributed by atoms with Gasteiger partial charge < -0.3 is 0 Å². The van der Waals surface area contributed by atoms with Crippen molar-refractivity contribution in [3.63, 3.8) is 0 Å². The molecule has 0 aromatic carbocycles. The summed E-state index contributed by atoms with van der Waals surface area (Å²) < 4.78 is 0. The first-order chi connectivity index (χ1) is 42.8. The molecule has 0 aliphatic heterocycles. The molecule has 0 radical (unpaired) electrons. The van der Waals surface area contributed by atoms with Gasteiger partial charge in [-0.15, -0.1) is 19.2 Å². The van der Waals surface area contributed by atoms with Gasteiger partial charge in [-0.3, -0.25) is 0 Å². The number of thiol groups is 1. The summed E-state index contributed by atoms with van der Waals surface area (Å²) in [6, 6.07) is 0. The van der Waals surface area contributed by atoms with Crippen molar-refractivity contribution in [2.24, 2.45) is 80.8 Å². The van der Waals surface area contributed by atoms with Crippen LogP contribution in [-0.2, 0) is 0 Å². The van der Waals surface area contributed by atoms with E-state index in [9.17, 15) is 0 Å². The lowest BCUT2D eigenvalue weighted by molar-refractivity contribution is -0.149. The van der Waals surface area contributed by atoms with Crippen molar-refractivity contribution in [3.8, 4) is 0 Å². The van der Waals surface area contributed by atoms with Gasteiger partial charge in [0, 0.05) is 27.6 Å². The quantitative estimate of drug-likeness (QED) is 0.0943. The summed E-state index contributed by atoms with van der Waals surface area (Å²) in [5, 5.41) is 0. The maximum absolute atomic E-state index is 5.67. The lowest BCUT2D eigenvalue weighted by Crippen LogP contribution is -2.64. The lowest BCUT2D eigenvalue weighted by atomic mass is 9.34. The SMILES string of the molecule is C=CCC/C(=C\C)C1(C2CC=CCC2)C2=CC(/C=C/CCCC/C=C(\S)C3CCC4C(C3)C3(C5=C(C=CCC5)C5CC=CCC53)C3CC=CCC3C43C4=CC=CCC4C4=C3CCC=C4)=C\[C@H](C)/C=C\C=C3/CC(C2)(C(C=C)=C1CCC)C1=C3C=CCC1. The Bertz CT molecular complexity index is 3400. The van der Waals surface area contributed by atoms with Gasteiger partial charge in [-0.05, 0) is 265 Å². The maximum atomic E-state index is 5.67. The first kappa shape index (κ1) is 59.5. The lowest BCUT2D eigenvalue weighted by Gasteiger charge is -2.69. The molecule has 14 rings (SSSR count). The molecule has 13 unspecified atom stereocenters. The van der Waals surface area contributed by atoms with Gasteiger partial charge in [-0.1, -0.05) is 224 Å². The first-order valence-corrected chi connectivity index (χ1v) is 36.3. The molecule has 2 saturated carbocycles. The highest BCUT2D eigenvalue weighted by Gasteiger charge is 2.73. The van der Waals surface area contributed by atoms with Crippen LogP contribution in [0.15, 0.2) is 248 Å². The fourth-order valence-electron chi connectivity index (χ4n) is 23.3. The van der Waals surface area contributed by atoms with Crippen molar-refractivity contribution in [1.82, 2.24) is 0 Å². The zero-order valence-electron chi connectivity index (χ0n) is 53.7. The van der Waals surface area contributed by atoms with Crippen LogP contribution in [0.1, 0.15) is 194 Å². The topological polar surface area (TPSA) is 0 Å². The van der Waals surface area contributed by atoms with E-state index in [4.69, 9.17) is 19.2 Å². The van der Waals surface area contributed by atoms with Gasteiger partial charge in [0.25, 0.3) is 0 Å². The van der Waals surface area contributed by atoms with Crippen molar-refractivity contribution in [2.45, 2.75) is 194 Å². The highest BCUT2D eigenvalue weighted by molar-refractivity contribution is 7.84. The summed E-state index contributed by atoms with van der Waals surface area (Å²) in [5.74, 6) is 6.10. The van der Waals surface area contributed by atoms with Crippen LogP contribution in [0.25, 0.3) is 0 Å². The van der Waals surface area contributed by atoms with Crippen LogP contribution in [0.4, 0.5) is 0 Å². The number of fused-ring (bicyclic) bond motifs is 17. The Balaban J connectivity index is 0.766. The van der Waals surface area contributed by atoms with Crippen molar-refractivity contribution in [1.29, 1.82) is 0 Å². The first-order valence-electron chi connectivity index (χ1n) is 35.8. The van der Waals surface area contributed by atoms with E-state index in [-0.39, 0.29) is 21.7 Å². The molecule has 454 valence electrons. The Kier molecular flexibility index (Phi) is 17.1. The van der Waals surface area contributed by atoms with Crippen LogP contribution in [-0.4, -0.2) is 0 Å². The largest absolute Gasteiger partial charge is 0.148 e. The van der Waals surface area contributed by atoms with Crippen LogP contribution in [0.2, 0.25) is 0 Å². The maximum Gasteiger partial charge on any atom is 0.0371 e. The molecular formula is C86H104S. The molecule has 0 N–H and O–H groups in total. The molecule has 2 fully saturated rings. The van der Waals surface area contributed by atoms with E-state index >= 15 is 0 Å². The molecule has 0 aromatic heterocycles. The van der Waals surface area contributed by atoms with Crippen molar-refractivity contribution < 1.29 is 0 Å². The van der Waals surface area contributed by atoms with Crippen LogP contribution in [0, 0.1) is 80.8 Å². The van der Waals surface area contributed by atoms with Crippen molar-refractivity contribution in [3.05, 3.63) is 248 Å². The number of rotatable bonds is 15. The molecule has 14 aliphatic rings. The molecule has 0 amide bonds. The average Bonchev–Trinajstić information content (AvgIpc) is 1.57. The van der Waals surface area contributed by atoms with E-state index in [1.54, 1.807) is 39.0 Å². The number of unbranched alkanes of at least 4 members (excludes halogenated alkanes) is 3. The zero-order chi connectivity index (χ0) is 59.3. The van der Waals surface area contributed by atoms with Crippen molar-refractivity contribution in [2.75, 3.05) is 0 Å². The molecule has 87 heavy (non-hydrogen) atoms. The van der Waals surface area contributed by atoms with E-state index in [2.05, 4.69) is 185 Å². The van der Waals surface area contributed by atoms with E-state index in [0.29, 0.717) is 53.3 Å².